The zero-order chi connectivity index (χ0) is 17.6. The standard InChI is InChI=1S/C16H27BFNO4/c1-8-19-10-14(2,3)11(21-13(19)20)9-12(18)17-22-15(4,5)16(6,7)23-17/h9,11H,8,10H2,1-7H3. The summed E-state index contributed by atoms with van der Waals surface area (Å²) in [6, 6.07) is 0. The number of ether oxygens (including phenoxy) is 1. The van der Waals surface area contributed by atoms with Crippen LogP contribution in [0.1, 0.15) is 48.5 Å². The Bertz CT molecular complexity index is 502. The number of amides is 1. The van der Waals surface area contributed by atoms with Crippen molar-refractivity contribution in [2.45, 2.75) is 65.8 Å². The highest BCUT2D eigenvalue weighted by molar-refractivity contribution is 6.53. The molecule has 0 radical (unpaired) electrons. The molecule has 5 nitrogen and oxygen atoms in total. The lowest BCUT2D eigenvalue weighted by molar-refractivity contribution is -0.0262. The molecule has 2 aliphatic rings. The van der Waals surface area contributed by atoms with Crippen LogP contribution < -0.4 is 0 Å². The Morgan fingerprint density at radius 2 is 1.78 bits per heavy atom. The van der Waals surface area contributed by atoms with Crippen LogP contribution in [0.15, 0.2) is 11.8 Å². The summed E-state index contributed by atoms with van der Waals surface area (Å²) in [7, 11) is -1.07. The highest BCUT2D eigenvalue weighted by Gasteiger charge is 2.53. The lowest BCUT2D eigenvalue weighted by Gasteiger charge is -2.41. The molecule has 0 spiro atoms. The Hall–Kier alpha value is -1.08. The molecule has 0 aromatic rings. The molecule has 1 unspecified atom stereocenters. The van der Waals surface area contributed by atoms with Crippen molar-refractivity contribution >= 4 is 13.2 Å². The van der Waals surface area contributed by atoms with E-state index in [4.69, 9.17) is 14.0 Å². The van der Waals surface area contributed by atoms with E-state index in [1.165, 1.54) is 6.08 Å². The molecule has 2 heterocycles. The number of hydrogen-bond donors (Lipinski definition) is 0. The monoisotopic (exact) mass is 327 g/mol. The van der Waals surface area contributed by atoms with Crippen molar-refractivity contribution in [2.75, 3.05) is 13.1 Å². The first kappa shape index (κ1) is 18.3. The third-order valence-corrected chi connectivity index (χ3v) is 5.03. The zero-order valence-electron chi connectivity index (χ0n) is 15.1. The molecule has 0 aromatic carbocycles. The largest absolute Gasteiger partial charge is 0.525 e. The van der Waals surface area contributed by atoms with Crippen LogP contribution in [0.3, 0.4) is 0 Å². The predicted octanol–water partition coefficient (Wildman–Crippen LogP) is 3.34. The highest BCUT2D eigenvalue weighted by Crippen LogP contribution is 2.39. The van der Waals surface area contributed by atoms with Gasteiger partial charge in [-0.2, -0.15) is 0 Å². The number of nitrogens with zero attached hydrogens (tertiary/aromatic N) is 1. The summed E-state index contributed by atoms with van der Waals surface area (Å²) < 4.78 is 31.4. The van der Waals surface area contributed by atoms with Crippen molar-refractivity contribution in [2.24, 2.45) is 5.41 Å². The topological polar surface area (TPSA) is 48.0 Å². The fourth-order valence-electron chi connectivity index (χ4n) is 2.67. The van der Waals surface area contributed by atoms with E-state index in [-0.39, 0.29) is 0 Å². The summed E-state index contributed by atoms with van der Waals surface area (Å²) in [5.74, 6) is 0. The number of carbonyl (C=O) groups excluding carboxylic acids is 1. The van der Waals surface area contributed by atoms with Crippen molar-refractivity contribution in [1.29, 1.82) is 0 Å². The Labute approximate surface area is 138 Å². The van der Waals surface area contributed by atoms with Gasteiger partial charge in [0.2, 0.25) is 0 Å². The van der Waals surface area contributed by atoms with Gasteiger partial charge in [-0.05, 0) is 40.7 Å². The van der Waals surface area contributed by atoms with E-state index in [9.17, 15) is 9.18 Å². The first-order valence-corrected chi connectivity index (χ1v) is 8.08. The van der Waals surface area contributed by atoms with E-state index in [0.29, 0.717) is 13.1 Å². The number of rotatable bonds is 3. The molecule has 2 saturated heterocycles. The van der Waals surface area contributed by atoms with Gasteiger partial charge < -0.3 is 18.9 Å². The molecule has 0 bridgehead atoms. The van der Waals surface area contributed by atoms with Gasteiger partial charge in [0.1, 0.15) is 11.8 Å². The van der Waals surface area contributed by atoms with Crippen LogP contribution in [0.5, 0.6) is 0 Å². The van der Waals surface area contributed by atoms with Crippen LogP contribution in [0.2, 0.25) is 0 Å². The maximum absolute atomic E-state index is 14.6. The second-order valence-electron chi connectivity index (χ2n) is 7.95. The molecule has 2 fully saturated rings. The normalized spacial score (nSPS) is 29.7. The summed E-state index contributed by atoms with van der Waals surface area (Å²) in [4.78, 5) is 13.5. The Balaban J connectivity index is 2.17. The van der Waals surface area contributed by atoms with Crippen LogP contribution in [0.25, 0.3) is 0 Å². The highest BCUT2D eigenvalue weighted by atomic mass is 19.1. The summed E-state index contributed by atoms with van der Waals surface area (Å²) >= 11 is 0. The van der Waals surface area contributed by atoms with E-state index in [2.05, 4.69) is 0 Å². The Kier molecular flexibility index (Phi) is 4.59. The van der Waals surface area contributed by atoms with Crippen molar-refractivity contribution in [1.82, 2.24) is 4.90 Å². The molecule has 7 heteroatoms. The van der Waals surface area contributed by atoms with E-state index >= 15 is 0 Å². The van der Waals surface area contributed by atoms with Crippen LogP contribution in [-0.2, 0) is 14.0 Å². The summed E-state index contributed by atoms with van der Waals surface area (Å²) in [5, 5.41) is 0. The third kappa shape index (κ3) is 3.40. The Morgan fingerprint density at radius 1 is 1.26 bits per heavy atom. The van der Waals surface area contributed by atoms with Crippen molar-refractivity contribution in [3.05, 3.63) is 11.8 Å². The van der Waals surface area contributed by atoms with Crippen LogP contribution in [0, 0.1) is 5.41 Å². The third-order valence-electron chi connectivity index (χ3n) is 5.03. The van der Waals surface area contributed by atoms with Crippen LogP contribution in [0.4, 0.5) is 9.18 Å². The average Bonchev–Trinajstić information content (AvgIpc) is 2.62. The minimum atomic E-state index is -1.07. The quantitative estimate of drug-likeness (QED) is 0.746. The molecule has 2 aliphatic heterocycles. The van der Waals surface area contributed by atoms with Gasteiger partial charge in [0.25, 0.3) is 0 Å². The smallest absolute Gasteiger partial charge is 0.441 e. The van der Waals surface area contributed by atoms with Gasteiger partial charge >= 0.3 is 13.2 Å². The fourth-order valence-corrected chi connectivity index (χ4v) is 2.67. The molecular weight excluding hydrogens is 300 g/mol. The van der Waals surface area contributed by atoms with Crippen molar-refractivity contribution in [3.8, 4) is 0 Å². The van der Waals surface area contributed by atoms with Gasteiger partial charge in [-0.15, -0.1) is 0 Å². The molecule has 1 atom stereocenters. The van der Waals surface area contributed by atoms with Gasteiger partial charge in [0.15, 0.2) is 0 Å². The molecule has 0 N–H and O–H groups in total. The van der Waals surface area contributed by atoms with Crippen LogP contribution in [-0.4, -0.2) is 48.5 Å². The van der Waals surface area contributed by atoms with Gasteiger partial charge in [-0.1, -0.05) is 13.8 Å². The fraction of sp³-hybridized carbons (Fsp3) is 0.812. The van der Waals surface area contributed by atoms with Gasteiger partial charge in [0.05, 0.1) is 11.2 Å². The lowest BCUT2D eigenvalue weighted by atomic mass is 9.80. The van der Waals surface area contributed by atoms with Crippen molar-refractivity contribution < 1.29 is 23.2 Å². The average molecular weight is 327 g/mol. The zero-order valence-corrected chi connectivity index (χ0v) is 15.1. The molecular formula is C16H27BFNO4. The van der Waals surface area contributed by atoms with Gasteiger partial charge in [-0.3, -0.25) is 0 Å². The summed E-state index contributed by atoms with van der Waals surface area (Å²) in [6.45, 7) is 14.3. The molecule has 0 aromatic heterocycles. The lowest BCUT2D eigenvalue weighted by Crippen LogP contribution is -2.52. The van der Waals surface area contributed by atoms with E-state index in [1.807, 2.05) is 48.5 Å². The van der Waals surface area contributed by atoms with Gasteiger partial charge in [0, 0.05) is 18.5 Å². The molecule has 2 rings (SSSR count). The van der Waals surface area contributed by atoms with Crippen molar-refractivity contribution in [3.63, 3.8) is 0 Å². The molecule has 130 valence electrons. The maximum atomic E-state index is 14.6. The molecule has 23 heavy (non-hydrogen) atoms. The van der Waals surface area contributed by atoms with E-state index in [1.54, 1.807) is 4.90 Å². The van der Waals surface area contributed by atoms with Crippen LogP contribution >= 0.6 is 0 Å². The predicted molar refractivity (Wildman–Crippen MR) is 86.6 cm³/mol. The second kappa shape index (κ2) is 5.78. The van der Waals surface area contributed by atoms with E-state index in [0.717, 1.165) is 0 Å². The van der Waals surface area contributed by atoms with E-state index < -0.39 is 41.7 Å². The Morgan fingerprint density at radius 3 is 2.26 bits per heavy atom. The first-order chi connectivity index (χ1) is 10.4. The maximum Gasteiger partial charge on any atom is 0.525 e. The van der Waals surface area contributed by atoms with Gasteiger partial charge in [-0.25, -0.2) is 9.18 Å². The molecule has 1 amide bonds. The first-order valence-electron chi connectivity index (χ1n) is 8.08. The molecule has 0 saturated carbocycles. The summed E-state index contributed by atoms with van der Waals surface area (Å²) in [5.41, 5.74) is -2.17. The summed E-state index contributed by atoms with van der Waals surface area (Å²) in [6.07, 6.45) is 0.235. The number of cyclic esters (lactones) is 1. The number of carbonyl (C=O) groups is 1. The minimum Gasteiger partial charge on any atom is -0.441 e. The second-order valence-corrected chi connectivity index (χ2v) is 7.95. The number of halogens is 1. The minimum absolute atomic E-state index is 0.398. The molecule has 0 aliphatic carbocycles. The number of hydrogen-bond acceptors (Lipinski definition) is 4. The SMILES string of the molecule is CCN1CC(C)(C)C(C=C(F)B2OC(C)(C)C(C)(C)O2)OC1=O.